The topological polar surface area (TPSA) is 54.5 Å². The molecule has 1 N–H and O–H groups in total. The molecule has 0 saturated carbocycles. The van der Waals surface area contributed by atoms with E-state index in [1.165, 1.54) is 12.3 Å². The molecule has 1 aromatic heterocycles. The van der Waals surface area contributed by atoms with Crippen LogP contribution in [0.4, 0.5) is 11.4 Å². The van der Waals surface area contributed by atoms with E-state index < -0.39 is 0 Å². The summed E-state index contributed by atoms with van der Waals surface area (Å²) < 4.78 is 5.37. The van der Waals surface area contributed by atoms with Gasteiger partial charge in [-0.2, -0.15) is 0 Å². The summed E-state index contributed by atoms with van der Waals surface area (Å²) in [5.74, 6) is -0.335. The van der Waals surface area contributed by atoms with E-state index in [-0.39, 0.29) is 16.1 Å². The lowest BCUT2D eigenvalue weighted by atomic mass is 10.2. The van der Waals surface area contributed by atoms with Crippen LogP contribution in [-0.2, 0) is 4.74 Å². The minimum absolute atomic E-state index is 0.157. The Kier molecular flexibility index (Phi) is 5.46. The summed E-state index contributed by atoms with van der Waals surface area (Å²) >= 11 is 17.8. The van der Waals surface area contributed by atoms with Crippen molar-refractivity contribution in [3.63, 3.8) is 0 Å². The van der Waals surface area contributed by atoms with E-state index in [0.717, 1.165) is 18.8 Å². The third kappa shape index (κ3) is 3.92. The smallest absolute Gasteiger partial charge is 0.257 e. The van der Waals surface area contributed by atoms with Gasteiger partial charge in [0.1, 0.15) is 5.15 Å². The number of anilines is 2. The fourth-order valence-corrected chi connectivity index (χ4v) is 2.87. The fraction of sp³-hybridized carbons (Fsp3) is 0.250. The first-order chi connectivity index (χ1) is 11.5. The summed E-state index contributed by atoms with van der Waals surface area (Å²) in [5, 5.41) is 3.78. The Morgan fingerprint density at radius 1 is 1.17 bits per heavy atom. The molecule has 2 heterocycles. The van der Waals surface area contributed by atoms with Crippen molar-refractivity contribution in [2.75, 3.05) is 36.5 Å². The maximum Gasteiger partial charge on any atom is 0.257 e. The summed E-state index contributed by atoms with van der Waals surface area (Å²) in [7, 11) is 0. The van der Waals surface area contributed by atoms with Crippen molar-refractivity contribution in [1.82, 2.24) is 4.98 Å². The zero-order chi connectivity index (χ0) is 17.1. The molecule has 1 fully saturated rings. The number of carbonyl (C=O) groups excluding carboxylic acids is 1. The van der Waals surface area contributed by atoms with E-state index in [2.05, 4.69) is 15.2 Å². The molecule has 0 spiro atoms. The highest BCUT2D eigenvalue weighted by atomic mass is 35.5. The second-order valence-corrected chi connectivity index (χ2v) is 6.41. The van der Waals surface area contributed by atoms with Gasteiger partial charge < -0.3 is 15.0 Å². The van der Waals surface area contributed by atoms with Gasteiger partial charge in [0.2, 0.25) is 0 Å². The molecule has 126 valence electrons. The highest BCUT2D eigenvalue weighted by Crippen LogP contribution is 2.30. The van der Waals surface area contributed by atoms with Gasteiger partial charge in [0.25, 0.3) is 5.91 Å². The standard InChI is InChI=1S/C16H14Cl3N3O2/c17-11-1-2-14(22-3-5-24-6-4-22)13(8-11)21-16(23)10-7-12(18)15(19)20-9-10/h1-2,7-9H,3-6H2,(H,21,23). The highest BCUT2D eigenvalue weighted by molar-refractivity contribution is 6.41. The number of morpholine rings is 1. The molecule has 0 radical (unpaired) electrons. The van der Waals surface area contributed by atoms with Crippen LogP contribution in [-0.4, -0.2) is 37.2 Å². The van der Waals surface area contributed by atoms with Gasteiger partial charge in [0.15, 0.2) is 0 Å². The molecule has 3 rings (SSSR count). The molecule has 0 unspecified atom stereocenters. The highest BCUT2D eigenvalue weighted by Gasteiger charge is 2.17. The minimum atomic E-state index is -0.335. The van der Waals surface area contributed by atoms with Gasteiger partial charge in [-0.1, -0.05) is 34.8 Å². The lowest BCUT2D eigenvalue weighted by Crippen LogP contribution is -2.36. The van der Waals surface area contributed by atoms with Crippen LogP contribution >= 0.6 is 34.8 Å². The minimum Gasteiger partial charge on any atom is -0.378 e. The quantitative estimate of drug-likeness (QED) is 0.806. The number of carbonyl (C=O) groups is 1. The molecule has 8 heteroatoms. The number of hydrogen-bond acceptors (Lipinski definition) is 4. The van der Waals surface area contributed by atoms with Crippen LogP contribution < -0.4 is 10.2 Å². The normalized spacial score (nSPS) is 14.5. The number of halogens is 3. The van der Waals surface area contributed by atoms with E-state index in [0.29, 0.717) is 29.5 Å². The zero-order valence-corrected chi connectivity index (χ0v) is 14.8. The molecule has 1 aromatic carbocycles. The van der Waals surface area contributed by atoms with E-state index in [4.69, 9.17) is 39.5 Å². The summed E-state index contributed by atoms with van der Waals surface area (Å²) in [6.45, 7) is 2.79. The molecular formula is C16H14Cl3N3O2. The predicted molar refractivity (Wildman–Crippen MR) is 96.7 cm³/mol. The third-order valence-electron chi connectivity index (χ3n) is 3.62. The number of amides is 1. The van der Waals surface area contributed by atoms with E-state index in [1.807, 2.05) is 6.07 Å². The molecule has 1 amide bonds. The summed E-state index contributed by atoms with van der Waals surface area (Å²) in [4.78, 5) is 18.5. The Morgan fingerprint density at radius 3 is 2.62 bits per heavy atom. The van der Waals surface area contributed by atoms with Gasteiger partial charge >= 0.3 is 0 Å². The van der Waals surface area contributed by atoms with Crippen molar-refractivity contribution >= 4 is 52.1 Å². The molecule has 0 bridgehead atoms. The fourth-order valence-electron chi connectivity index (χ4n) is 2.43. The number of nitrogens with zero attached hydrogens (tertiary/aromatic N) is 2. The Bertz CT molecular complexity index is 764. The van der Waals surface area contributed by atoms with E-state index in [9.17, 15) is 4.79 Å². The molecule has 1 aliphatic rings. The first kappa shape index (κ1) is 17.3. The first-order valence-corrected chi connectivity index (χ1v) is 8.42. The second-order valence-electron chi connectivity index (χ2n) is 5.21. The van der Waals surface area contributed by atoms with Crippen LogP contribution in [0.2, 0.25) is 15.2 Å². The van der Waals surface area contributed by atoms with Crippen LogP contribution in [0.15, 0.2) is 30.5 Å². The van der Waals surface area contributed by atoms with Crippen molar-refractivity contribution in [1.29, 1.82) is 0 Å². The van der Waals surface area contributed by atoms with Crippen molar-refractivity contribution in [2.24, 2.45) is 0 Å². The largest absolute Gasteiger partial charge is 0.378 e. The number of nitrogens with one attached hydrogen (secondary N) is 1. The van der Waals surface area contributed by atoms with Gasteiger partial charge in [-0.15, -0.1) is 0 Å². The Balaban J connectivity index is 1.86. The zero-order valence-electron chi connectivity index (χ0n) is 12.6. The second kappa shape index (κ2) is 7.57. The van der Waals surface area contributed by atoms with Crippen molar-refractivity contribution in [3.8, 4) is 0 Å². The summed E-state index contributed by atoms with van der Waals surface area (Å²) in [6, 6.07) is 6.87. The van der Waals surface area contributed by atoms with Crippen molar-refractivity contribution in [3.05, 3.63) is 51.2 Å². The van der Waals surface area contributed by atoms with Gasteiger partial charge in [0.05, 0.1) is 35.2 Å². The Morgan fingerprint density at radius 2 is 1.92 bits per heavy atom. The van der Waals surface area contributed by atoms with Crippen LogP contribution in [0.5, 0.6) is 0 Å². The predicted octanol–water partition coefficient (Wildman–Crippen LogP) is 4.13. The van der Waals surface area contributed by atoms with E-state index >= 15 is 0 Å². The van der Waals surface area contributed by atoms with Gasteiger partial charge in [0, 0.05) is 24.3 Å². The lowest BCUT2D eigenvalue weighted by Gasteiger charge is -2.30. The van der Waals surface area contributed by atoms with Crippen LogP contribution in [0.25, 0.3) is 0 Å². The Hall–Kier alpha value is -1.53. The number of hydrogen-bond donors (Lipinski definition) is 1. The Labute approximate surface area is 154 Å². The van der Waals surface area contributed by atoms with Crippen LogP contribution in [0, 0.1) is 0 Å². The van der Waals surface area contributed by atoms with Gasteiger partial charge in [-0.05, 0) is 24.3 Å². The van der Waals surface area contributed by atoms with Crippen molar-refractivity contribution < 1.29 is 9.53 Å². The van der Waals surface area contributed by atoms with Gasteiger partial charge in [-0.3, -0.25) is 4.79 Å². The molecule has 5 nitrogen and oxygen atoms in total. The maximum absolute atomic E-state index is 12.5. The molecule has 1 aliphatic heterocycles. The molecule has 24 heavy (non-hydrogen) atoms. The average Bonchev–Trinajstić information content (AvgIpc) is 2.58. The van der Waals surface area contributed by atoms with Crippen molar-refractivity contribution in [2.45, 2.75) is 0 Å². The number of pyridine rings is 1. The summed E-state index contributed by atoms with van der Waals surface area (Å²) in [6.07, 6.45) is 1.38. The number of aromatic nitrogens is 1. The number of benzene rings is 1. The molecule has 2 aromatic rings. The molecular weight excluding hydrogens is 373 g/mol. The van der Waals surface area contributed by atoms with E-state index in [1.54, 1.807) is 12.1 Å². The van der Waals surface area contributed by atoms with Crippen LogP contribution in [0.3, 0.4) is 0 Å². The van der Waals surface area contributed by atoms with Gasteiger partial charge in [-0.25, -0.2) is 4.98 Å². The molecule has 0 aliphatic carbocycles. The monoisotopic (exact) mass is 385 g/mol. The average molecular weight is 387 g/mol. The SMILES string of the molecule is O=C(Nc1cc(Cl)ccc1N1CCOCC1)c1cnc(Cl)c(Cl)c1. The number of rotatable bonds is 3. The number of ether oxygens (including phenoxy) is 1. The maximum atomic E-state index is 12.5. The molecule has 1 saturated heterocycles. The third-order valence-corrected chi connectivity index (χ3v) is 4.54. The first-order valence-electron chi connectivity index (χ1n) is 7.29. The molecule has 0 atom stereocenters. The summed E-state index contributed by atoms with van der Waals surface area (Å²) in [5.41, 5.74) is 1.84. The lowest BCUT2D eigenvalue weighted by molar-refractivity contribution is 0.102. The van der Waals surface area contributed by atoms with Crippen LogP contribution in [0.1, 0.15) is 10.4 Å².